The highest BCUT2D eigenvalue weighted by atomic mass is 35.5. The van der Waals surface area contributed by atoms with Crippen LogP contribution < -0.4 is 0 Å². The molecule has 10 heavy (non-hydrogen) atoms. The van der Waals surface area contributed by atoms with Crippen LogP contribution in [0.1, 0.15) is 12.8 Å². The minimum Gasteiger partial charge on any atom is -0.165 e. The Morgan fingerprint density at radius 2 is 1.90 bits per heavy atom. The average Bonchev–Trinajstić information content (AvgIpc) is 2.47. The molecule has 0 nitrogen and oxygen atoms in total. The van der Waals surface area contributed by atoms with E-state index in [2.05, 4.69) is 0 Å². The number of hydrogen-bond donors (Lipinski definition) is 0. The molecule has 0 aromatic rings. The molecule has 1 aliphatic carbocycles. The van der Waals surface area contributed by atoms with Crippen LogP contribution in [-0.2, 0) is 0 Å². The molecule has 1 rings (SSSR count). The molecule has 0 aromatic heterocycles. The van der Waals surface area contributed by atoms with Gasteiger partial charge in [-0.1, -0.05) is 17.7 Å². The fourth-order valence-electron chi connectivity index (χ4n) is 0.564. The van der Waals surface area contributed by atoms with Crippen molar-refractivity contribution in [1.29, 1.82) is 0 Å². The van der Waals surface area contributed by atoms with E-state index in [4.69, 9.17) is 11.6 Å². The van der Waals surface area contributed by atoms with E-state index in [0.29, 0.717) is 0 Å². The van der Waals surface area contributed by atoms with Gasteiger partial charge in [0.2, 0.25) is 0 Å². The second-order valence-electron chi connectivity index (χ2n) is 2.35. The Kier molecular flexibility index (Phi) is 1.95. The van der Waals surface area contributed by atoms with Crippen LogP contribution in [0.25, 0.3) is 0 Å². The zero-order chi connectivity index (χ0) is 7.78. The lowest BCUT2D eigenvalue weighted by molar-refractivity contribution is -0.0848. The van der Waals surface area contributed by atoms with E-state index in [1.54, 1.807) is 0 Å². The van der Waals surface area contributed by atoms with Crippen molar-refractivity contribution < 1.29 is 13.2 Å². The maximum atomic E-state index is 11.6. The molecule has 58 valence electrons. The Morgan fingerprint density at radius 3 is 2.20 bits per heavy atom. The Bertz CT molecular complexity index is 155. The number of allylic oxidation sites excluding steroid dienone is 2. The van der Waals surface area contributed by atoms with Gasteiger partial charge in [-0.15, -0.1) is 0 Å². The van der Waals surface area contributed by atoms with Crippen LogP contribution in [-0.4, -0.2) is 6.18 Å². The first-order chi connectivity index (χ1) is 4.50. The first kappa shape index (κ1) is 7.92. The second kappa shape index (κ2) is 2.46. The van der Waals surface area contributed by atoms with Gasteiger partial charge < -0.3 is 0 Å². The van der Waals surface area contributed by atoms with E-state index in [-0.39, 0.29) is 5.92 Å². The summed E-state index contributed by atoms with van der Waals surface area (Å²) in [5.41, 5.74) is 0. The molecule has 4 heteroatoms. The van der Waals surface area contributed by atoms with Gasteiger partial charge in [0.05, 0.1) is 0 Å². The molecule has 0 N–H and O–H groups in total. The molecule has 0 saturated heterocycles. The van der Waals surface area contributed by atoms with Crippen LogP contribution in [0.4, 0.5) is 13.2 Å². The van der Waals surface area contributed by atoms with Crippen molar-refractivity contribution in [3.8, 4) is 0 Å². The third-order valence-electron chi connectivity index (χ3n) is 1.27. The van der Waals surface area contributed by atoms with Gasteiger partial charge in [-0.3, -0.25) is 0 Å². The van der Waals surface area contributed by atoms with Gasteiger partial charge in [-0.2, -0.15) is 13.2 Å². The molecule has 1 fully saturated rings. The van der Waals surface area contributed by atoms with Crippen LogP contribution >= 0.6 is 11.6 Å². The lowest BCUT2D eigenvalue weighted by Gasteiger charge is -2.02. The quantitative estimate of drug-likeness (QED) is 0.567. The monoisotopic (exact) mass is 170 g/mol. The summed E-state index contributed by atoms with van der Waals surface area (Å²) in [5.74, 6) is 0.0779. The smallest absolute Gasteiger partial charge is 0.165 e. The van der Waals surface area contributed by atoms with E-state index in [0.717, 1.165) is 18.9 Å². The minimum atomic E-state index is -4.34. The van der Waals surface area contributed by atoms with Gasteiger partial charge >= 0.3 is 6.18 Å². The number of alkyl halides is 3. The summed E-state index contributed by atoms with van der Waals surface area (Å²) >= 11 is 4.93. The number of halogens is 4. The summed E-state index contributed by atoms with van der Waals surface area (Å²) in [6, 6.07) is 0. The Labute approximate surface area is 61.7 Å². The lowest BCUT2D eigenvalue weighted by atomic mass is 10.3. The van der Waals surface area contributed by atoms with Gasteiger partial charge in [-0.25, -0.2) is 0 Å². The molecule has 0 heterocycles. The van der Waals surface area contributed by atoms with Crippen LogP contribution in [0, 0.1) is 5.92 Å². The normalized spacial score (nSPS) is 21.4. The van der Waals surface area contributed by atoms with Gasteiger partial charge in [0.25, 0.3) is 0 Å². The molecule has 0 unspecified atom stereocenters. The van der Waals surface area contributed by atoms with Crippen molar-refractivity contribution in [1.82, 2.24) is 0 Å². The van der Waals surface area contributed by atoms with Crippen molar-refractivity contribution in [2.24, 2.45) is 5.92 Å². The van der Waals surface area contributed by atoms with Crippen LogP contribution in [0.3, 0.4) is 0 Å². The fourth-order valence-corrected chi connectivity index (χ4v) is 0.742. The highest BCUT2D eigenvalue weighted by molar-refractivity contribution is 6.30. The zero-order valence-electron chi connectivity index (χ0n) is 5.08. The van der Waals surface area contributed by atoms with Gasteiger partial charge in [0, 0.05) is 0 Å². The molecule has 0 spiro atoms. The van der Waals surface area contributed by atoms with Crippen LogP contribution in [0.5, 0.6) is 0 Å². The lowest BCUT2D eigenvalue weighted by Crippen LogP contribution is -2.06. The van der Waals surface area contributed by atoms with Gasteiger partial charge in [0.15, 0.2) is 0 Å². The first-order valence-electron chi connectivity index (χ1n) is 2.94. The maximum Gasteiger partial charge on any atom is 0.426 e. The molecule has 0 aromatic carbocycles. The molecular formula is C6H6ClF3. The van der Waals surface area contributed by atoms with E-state index in [1.807, 2.05) is 0 Å². The van der Waals surface area contributed by atoms with Gasteiger partial charge in [0.1, 0.15) is 5.03 Å². The van der Waals surface area contributed by atoms with E-state index in [1.165, 1.54) is 0 Å². The summed E-state index contributed by atoms with van der Waals surface area (Å²) in [6.07, 6.45) is -1.58. The van der Waals surface area contributed by atoms with Crippen molar-refractivity contribution in [3.63, 3.8) is 0 Å². The first-order valence-corrected chi connectivity index (χ1v) is 3.32. The average molecular weight is 171 g/mol. The van der Waals surface area contributed by atoms with E-state index in [9.17, 15) is 13.2 Å². The number of rotatable bonds is 1. The number of hydrogen-bond acceptors (Lipinski definition) is 0. The van der Waals surface area contributed by atoms with Crippen molar-refractivity contribution in [2.75, 3.05) is 0 Å². The summed E-state index contributed by atoms with van der Waals surface area (Å²) in [7, 11) is 0. The molecule has 0 atom stereocenters. The topological polar surface area (TPSA) is 0 Å². The largest absolute Gasteiger partial charge is 0.426 e. The molecule has 0 radical (unpaired) electrons. The van der Waals surface area contributed by atoms with Gasteiger partial charge in [-0.05, 0) is 18.8 Å². The molecule has 0 bridgehead atoms. The SMILES string of the molecule is FC(F)(F)C(Cl)=CC1CC1. The van der Waals surface area contributed by atoms with Crippen molar-refractivity contribution in [2.45, 2.75) is 19.0 Å². The summed E-state index contributed by atoms with van der Waals surface area (Å²) in [6.45, 7) is 0. The molecule has 0 aliphatic heterocycles. The molecule has 1 aliphatic rings. The zero-order valence-corrected chi connectivity index (χ0v) is 5.84. The predicted octanol–water partition coefficient (Wildman–Crippen LogP) is 3.08. The standard InChI is InChI=1S/C6H6ClF3/c7-5(6(8,9)10)3-4-1-2-4/h3-4H,1-2H2. The third-order valence-corrected chi connectivity index (χ3v) is 1.62. The molecule has 1 saturated carbocycles. The minimum absolute atomic E-state index is 0.0779. The fraction of sp³-hybridized carbons (Fsp3) is 0.667. The maximum absolute atomic E-state index is 11.6. The van der Waals surface area contributed by atoms with Crippen molar-refractivity contribution >= 4 is 11.6 Å². The molecule has 0 amide bonds. The van der Waals surface area contributed by atoms with Crippen molar-refractivity contribution in [3.05, 3.63) is 11.1 Å². The van der Waals surface area contributed by atoms with E-state index < -0.39 is 11.2 Å². The predicted molar refractivity (Wildman–Crippen MR) is 32.7 cm³/mol. The Hall–Kier alpha value is -0.180. The highest BCUT2D eigenvalue weighted by Gasteiger charge is 2.34. The second-order valence-corrected chi connectivity index (χ2v) is 2.76. The van der Waals surface area contributed by atoms with Crippen LogP contribution in [0.2, 0.25) is 0 Å². The highest BCUT2D eigenvalue weighted by Crippen LogP contribution is 2.37. The Morgan fingerprint density at radius 1 is 1.40 bits per heavy atom. The summed E-state index contributed by atoms with van der Waals surface area (Å²) < 4.78 is 34.9. The molecular weight excluding hydrogens is 165 g/mol. The third kappa shape index (κ3) is 2.21. The summed E-state index contributed by atoms with van der Waals surface area (Å²) in [5, 5.41) is -0.977. The van der Waals surface area contributed by atoms with E-state index >= 15 is 0 Å². The Balaban J connectivity index is 2.53. The van der Waals surface area contributed by atoms with Crippen LogP contribution in [0.15, 0.2) is 11.1 Å². The summed E-state index contributed by atoms with van der Waals surface area (Å²) in [4.78, 5) is 0.